The molecule has 0 amide bonds. The third kappa shape index (κ3) is 4.81. The smallest absolute Gasteiger partial charge is 0.243 e. The Hall–Kier alpha value is -0.210. The minimum absolute atomic E-state index is 0.0596. The number of aromatic nitrogens is 1. The van der Waals surface area contributed by atoms with Crippen LogP contribution < -0.4 is 4.72 Å². The van der Waals surface area contributed by atoms with Crippen molar-refractivity contribution in [3.8, 4) is 0 Å². The molecular formula is C10H14BrClN2O3S. The molecule has 0 aliphatic rings. The maximum absolute atomic E-state index is 11.9. The van der Waals surface area contributed by atoms with E-state index in [-0.39, 0.29) is 16.6 Å². The van der Waals surface area contributed by atoms with E-state index in [1.807, 2.05) is 0 Å². The molecule has 18 heavy (non-hydrogen) atoms. The van der Waals surface area contributed by atoms with Gasteiger partial charge in [-0.05, 0) is 41.8 Å². The van der Waals surface area contributed by atoms with E-state index in [4.69, 9.17) is 16.7 Å². The molecule has 0 radical (unpaired) electrons. The molecule has 0 spiro atoms. The number of aliphatic hydroxyl groups excluding tert-OH is 1. The van der Waals surface area contributed by atoms with Crippen LogP contribution in [-0.2, 0) is 10.0 Å². The molecule has 1 aromatic rings. The Morgan fingerprint density at radius 1 is 1.61 bits per heavy atom. The van der Waals surface area contributed by atoms with Gasteiger partial charge in [-0.1, -0.05) is 11.6 Å². The number of aliphatic hydroxyl groups is 1. The first-order valence-electron chi connectivity index (χ1n) is 5.31. The predicted molar refractivity (Wildman–Crippen MR) is 73.1 cm³/mol. The highest BCUT2D eigenvalue weighted by Gasteiger charge is 2.18. The lowest BCUT2D eigenvalue weighted by molar-refractivity contribution is 0.182. The maximum atomic E-state index is 11.9. The largest absolute Gasteiger partial charge is 0.393 e. The Labute approximate surface area is 120 Å². The van der Waals surface area contributed by atoms with Gasteiger partial charge in [-0.3, -0.25) is 0 Å². The van der Waals surface area contributed by atoms with Crippen LogP contribution in [0, 0.1) is 0 Å². The number of sulfonamides is 1. The third-order valence-electron chi connectivity index (χ3n) is 2.15. The summed E-state index contributed by atoms with van der Waals surface area (Å²) in [6, 6.07) is 1.40. The van der Waals surface area contributed by atoms with E-state index in [1.165, 1.54) is 12.3 Å². The summed E-state index contributed by atoms with van der Waals surface area (Å²) in [7, 11) is -3.67. The maximum Gasteiger partial charge on any atom is 0.243 e. The molecule has 0 saturated heterocycles. The zero-order chi connectivity index (χ0) is 13.8. The van der Waals surface area contributed by atoms with Gasteiger partial charge in [0.15, 0.2) is 0 Å². The van der Waals surface area contributed by atoms with Gasteiger partial charge in [0.25, 0.3) is 0 Å². The number of nitrogens with zero attached hydrogens (tertiary/aromatic N) is 1. The van der Waals surface area contributed by atoms with Crippen molar-refractivity contribution >= 4 is 37.6 Å². The molecular weight excluding hydrogens is 344 g/mol. The molecule has 0 aliphatic heterocycles. The number of hydrogen-bond acceptors (Lipinski definition) is 4. The molecule has 0 aliphatic carbocycles. The van der Waals surface area contributed by atoms with Crippen LogP contribution in [0.25, 0.3) is 0 Å². The minimum Gasteiger partial charge on any atom is -0.393 e. The Morgan fingerprint density at radius 2 is 2.28 bits per heavy atom. The lowest BCUT2D eigenvalue weighted by Crippen LogP contribution is -2.25. The van der Waals surface area contributed by atoms with E-state index in [9.17, 15) is 8.42 Å². The second-order valence-corrected chi connectivity index (χ2v) is 6.84. The standard InChI is InChI=1S/C10H14BrClN2O3S/c1-7(15)3-2-4-14-18(16,17)9-5-8(11)6-13-10(9)12/h5-7,14-15H,2-4H2,1H3. The third-order valence-corrected chi connectivity index (χ3v) is 4.48. The molecule has 1 atom stereocenters. The van der Waals surface area contributed by atoms with Gasteiger partial charge in [-0.2, -0.15) is 0 Å². The molecule has 8 heteroatoms. The molecule has 2 N–H and O–H groups in total. The Balaban J connectivity index is 2.71. The van der Waals surface area contributed by atoms with E-state index in [2.05, 4.69) is 25.6 Å². The van der Waals surface area contributed by atoms with Gasteiger partial charge < -0.3 is 5.11 Å². The monoisotopic (exact) mass is 356 g/mol. The van der Waals surface area contributed by atoms with Crippen LogP contribution in [0.5, 0.6) is 0 Å². The second kappa shape index (κ2) is 6.81. The van der Waals surface area contributed by atoms with Gasteiger partial charge >= 0.3 is 0 Å². The summed E-state index contributed by atoms with van der Waals surface area (Å²) < 4.78 is 26.8. The fourth-order valence-electron chi connectivity index (χ4n) is 1.27. The number of hydrogen-bond donors (Lipinski definition) is 2. The summed E-state index contributed by atoms with van der Waals surface area (Å²) in [5, 5.41) is 9.00. The van der Waals surface area contributed by atoms with Crippen molar-refractivity contribution in [2.45, 2.75) is 30.8 Å². The molecule has 0 fully saturated rings. The quantitative estimate of drug-likeness (QED) is 0.602. The summed E-state index contributed by atoms with van der Waals surface area (Å²) in [5.41, 5.74) is 0. The molecule has 1 aromatic heterocycles. The highest BCUT2D eigenvalue weighted by Crippen LogP contribution is 2.22. The number of halogens is 2. The van der Waals surface area contributed by atoms with Gasteiger partial charge in [-0.15, -0.1) is 0 Å². The SMILES string of the molecule is CC(O)CCCNS(=O)(=O)c1cc(Br)cnc1Cl. The summed E-state index contributed by atoms with van der Waals surface area (Å²) in [4.78, 5) is 3.70. The molecule has 0 aromatic carbocycles. The molecule has 5 nitrogen and oxygen atoms in total. The van der Waals surface area contributed by atoms with E-state index in [0.717, 1.165) is 0 Å². The first kappa shape index (κ1) is 15.8. The number of nitrogens with one attached hydrogen (secondary N) is 1. The average molecular weight is 358 g/mol. The van der Waals surface area contributed by atoms with Crippen LogP contribution in [0.15, 0.2) is 21.6 Å². The predicted octanol–water partition coefficient (Wildman–Crippen LogP) is 1.94. The van der Waals surface area contributed by atoms with Gasteiger partial charge in [0, 0.05) is 17.2 Å². The topological polar surface area (TPSA) is 79.3 Å². The van der Waals surface area contributed by atoms with Crippen molar-refractivity contribution in [1.29, 1.82) is 0 Å². The van der Waals surface area contributed by atoms with Gasteiger partial charge in [0.2, 0.25) is 10.0 Å². The summed E-state index contributed by atoms with van der Waals surface area (Å²) >= 11 is 8.90. The normalized spacial score (nSPS) is 13.6. The van der Waals surface area contributed by atoms with E-state index in [1.54, 1.807) is 6.92 Å². The van der Waals surface area contributed by atoms with Crippen LogP contribution in [-0.4, -0.2) is 31.2 Å². The van der Waals surface area contributed by atoms with Crippen LogP contribution in [0.1, 0.15) is 19.8 Å². The average Bonchev–Trinajstić information content (AvgIpc) is 2.27. The number of rotatable bonds is 6. The highest BCUT2D eigenvalue weighted by molar-refractivity contribution is 9.10. The van der Waals surface area contributed by atoms with E-state index < -0.39 is 16.1 Å². The molecule has 0 bridgehead atoms. The van der Waals surface area contributed by atoms with Crippen molar-refractivity contribution in [3.63, 3.8) is 0 Å². The van der Waals surface area contributed by atoms with Crippen LogP contribution >= 0.6 is 27.5 Å². The van der Waals surface area contributed by atoms with E-state index in [0.29, 0.717) is 17.3 Å². The summed E-state index contributed by atoms with van der Waals surface area (Å²) in [5.74, 6) is 0. The van der Waals surface area contributed by atoms with Crippen LogP contribution in [0.4, 0.5) is 0 Å². The van der Waals surface area contributed by atoms with Crippen molar-refractivity contribution in [1.82, 2.24) is 9.71 Å². The van der Waals surface area contributed by atoms with Gasteiger partial charge in [-0.25, -0.2) is 18.1 Å². The highest BCUT2D eigenvalue weighted by atomic mass is 79.9. The Kier molecular flexibility index (Phi) is 6.00. The zero-order valence-electron chi connectivity index (χ0n) is 9.73. The molecule has 0 saturated carbocycles. The zero-order valence-corrected chi connectivity index (χ0v) is 12.9. The lowest BCUT2D eigenvalue weighted by Gasteiger charge is -2.08. The van der Waals surface area contributed by atoms with Gasteiger partial charge in [0.1, 0.15) is 10.0 Å². The Bertz CT molecular complexity index is 508. The number of pyridine rings is 1. The van der Waals surface area contributed by atoms with Crippen molar-refractivity contribution in [2.24, 2.45) is 0 Å². The molecule has 1 rings (SSSR count). The Morgan fingerprint density at radius 3 is 2.89 bits per heavy atom. The van der Waals surface area contributed by atoms with Crippen molar-refractivity contribution < 1.29 is 13.5 Å². The molecule has 1 unspecified atom stereocenters. The first-order chi connectivity index (χ1) is 8.33. The van der Waals surface area contributed by atoms with Crippen molar-refractivity contribution in [3.05, 3.63) is 21.9 Å². The fourth-order valence-corrected chi connectivity index (χ4v) is 3.29. The van der Waals surface area contributed by atoms with Gasteiger partial charge in [0.05, 0.1) is 6.10 Å². The molecule has 102 valence electrons. The van der Waals surface area contributed by atoms with Crippen molar-refractivity contribution in [2.75, 3.05) is 6.54 Å². The lowest BCUT2D eigenvalue weighted by atomic mass is 10.2. The summed E-state index contributed by atoms with van der Waals surface area (Å²) in [6.07, 6.45) is 2.07. The van der Waals surface area contributed by atoms with E-state index >= 15 is 0 Å². The van der Waals surface area contributed by atoms with Crippen LogP contribution in [0.2, 0.25) is 5.15 Å². The summed E-state index contributed by atoms with van der Waals surface area (Å²) in [6.45, 7) is 1.90. The first-order valence-corrected chi connectivity index (χ1v) is 7.97. The minimum atomic E-state index is -3.67. The fraction of sp³-hybridized carbons (Fsp3) is 0.500. The second-order valence-electron chi connectivity index (χ2n) is 3.83. The molecule has 1 heterocycles. The van der Waals surface area contributed by atoms with Crippen LogP contribution in [0.3, 0.4) is 0 Å².